The number of aliphatic hydroxyl groups is 1. The molecule has 0 aliphatic heterocycles. The van der Waals surface area contributed by atoms with Gasteiger partial charge in [0.1, 0.15) is 5.82 Å². The lowest BCUT2D eigenvalue weighted by atomic mass is 10.1. The van der Waals surface area contributed by atoms with Crippen molar-refractivity contribution in [1.29, 1.82) is 0 Å². The van der Waals surface area contributed by atoms with Crippen molar-refractivity contribution in [3.05, 3.63) is 23.9 Å². The van der Waals surface area contributed by atoms with Crippen LogP contribution < -0.4 is 4.90 Å². The van der Waals surface area contributed by atoms with Crippen LogP contribution >= 0.6 is 0 Å². The van der Waals surface area contributed by atoms with Gasteiger partial charge < -0.3 is 10.0 Å². The third kappa shape index (κ3) is 2.78. The zero-order chi connectivity index (χ0) is 12.3. The molecule has 0 saturated heterocycles. The average Bonchev–Trinajstić information content (AvgIpc) is 2.84. The average molecular weight is 234 g/mol. The molecule has 0 spiro atoms. The van der Waals surface area contributed by atoms with Gasteiger partial charge in [0.2, 0.25) is 0 Å². The van der Waals surface area contributed by atoms with Gasteiger partial charge in [-0.05, 0) is 38.3 Å². The van der Waals surface area contributed by atoms with Crippen LogP contribution in [-0.4, -0.2) is 22.7 Å². The van der Waals surface area contributed by atoms with Gasteiger partial charge in [-0.25, -0.2) is 4.98 Å². The molecule has 1 heterocycles. The Labute approximate surface area is 103 Å². The Hall–Kier alpha value is -1.09. The van der Waals surface area contributed by atoms with Gasteiger partial charge >= 0.3 is 0 Å². The molecule has 3 heteroatoms. The highest BCUT2D eigenvalue weighted by Gasteiger charge is 2.22. The van der Waals surface area contributed by atoms with Crippen molar-refractivity contribution >= 4 is 5.82 Å². The molecule has 94 valence electrons. The molecule has 3 nitrogen and oxygen atoms in total. The molecule has 1 aromatic rings. The highest BCUT2D eigenvalue weighted by Crippen LogP contribution is 2.27. The molecular formula is C14H22N2O. The first-order chi connectivity index (χ1) is 8.22. The van der Waals surface area contributed by atoms with E-state index in [1.54, 1.807) is 13.1 Å². The summed E-state index contributed by atoms with van der Waals surface area (Å²) in [5.41, 5.74) is 0.885. The molecule has 1 saturated carbocycles. The van der Waals surface area contributed by atoms with Gasteiger partial charge in [0, 0.05) is 18.8 Å². The molecule has 1 atom stereocenters. The van der Waals surface area contributed by atoms with E-state index in [1.165, 1.54) is 25.7 Å². The van der Waals surface area contributed by atoms with E-state index in [2.05, 4.69) is 16.8 Å². The van der Waals surface area contributed by atoms with E-state index in [0.29, 0.717) is 6.04 Å². The molecule has 1 fully saturated rings. The van der Waals surface area contributed by atoms with Crippen molar-refractivity contribution < 1.29 is 5.11 Å². The number of anilines is 1. The van der Waals surface area contributed by atoms with E-state index in [-0.39, 0.29) is 0 Å². The Morgan fingerprint density at radius 3 is 2.59 bits per heavy atom. The monoisotopic (exact) mass is 234 g/mol. The van der Waals surface area contributed by atoms with Crippen LogP contribution in [0.1, 0.15) is 51.2 Å². The molecular weight excluding hydrogens is 212 g/mol. The number of hydrogen-bond donors (Lipinski definition) is 1. The minimum absolute atomic E-state index is 0.432. The van der Waals surface area contributed by atoms with Crippen LogP contribution in [0.3, 0.4) is 0 Å². The second-order valence-corrected chi connectivity index (χ2v) is 4.85. The van der Waals surface area contributed by atoms with Crippen LogP contribution in [0, 0.1) is 0 Å². The quantitative estimate of drug-likeness (QED) is 0.870. The van der Waals surface area contributed by atoms with Crippen molar-refractivity contribution in [3.8, 4) is 0 Å². The predicted molar refractivity (Wildman–Crippen MR) is 70.1 cm³/mol. The Kier molecular flexibility index (Phi) is 4.00. The summed E-state index contributed by atoms with van der Waals surface area (Å²) in [7, 11) is 0. The predicted octanol–water partition coefficient (Wildman–Crippen LogP) is 2.90. The van der Waals surface area contributed by atoms with E-state index in [0.717, 1.165) is 17.9 Å². The fourth-order valence-corrected chi connectivity index (χ4v) is 2.64. The Morgan fingerprint density at radius 1 is 1.41 bits per heavy atom. The summed E-state index contributed by atoms with van der Waals surface area (Å²) in [4.78, 5) is 6.87. The minimum atomic E-state index is -0.432. The van der Waals surface area contributed by atoms with Gasteiger partial charge in [0.25, 0.3) is 0 Å². The van der Waals surface area contributed by atoms with Gasteiger partial charge in [0.15, 0.2) is 0 Å². The number of rotatable bonds is 4. The largest absolute Gasteiger partial charge is 0.389 e. The van der Waals surface area contributed by atoms with Gasteiger partial charge in [-0.1, -0.05) is 18.9 Å². The van der Waals surface area contributed by atoms with Crippen molar-refractivity contribution in [1.82, 2.24) is 4.98 Å². The smallest absolute Gasteiger partial charge is 0.128 e. The summed E-state index contributed by atoms with van der Waals surface area (Å²) in [5, 5.41) is 9.47. The lowest BCUT2D eigenvalue weighted by Crippen LogP contribution is -2.33. The molecule has 0 unspecified atom stereocenters. The van der Waals surface area contributed by atoms with E-state index < -0.39 is 6.10 Å². The summed E-state index contributed by atoms with van der Waals surface area (Å²) in [6, 6.07) is 4.67. The molecule has 0 bridgehead atoms. The third-order valence-electron chi connectivity index (χ3n) is 3.65. The standard InChI is InChI=1S/C14H22N2O/c1-3-16(13-6-4-5-7-13)14-9-8-12(10-15-14)11(2)17/h8-11,13,17H,3-7H2,1-2H3/t11-/m1/s1. The summed E-state index contributed by atoms with van der Waals surface area (Å²) in [5.74, 6) is 1.05. The molecule has 17 heavy (non-hydrogen) atoms. The fraction of sp³-hybridized carbons (Fsp3) is 0.643. The lowest BCUT2D eigenvalue weighted by molar-refractivity contribution is 0.199. The van der Waals surface area contributed by atoms with Crippen LogP contribution in [0.25, 0.3) is 0 Å². The number of aliphatic hydroxyl groups excluding tert-OH is 1. The highest BCUT2D eigenvalue weighted by molar-refractivity contribution is 5.41. The number of nitrogens with zero attached hydrogens (tertiary/aromatic N) is 2. The molecule has 1 aliphatic carbocycles. The second-order valence-electron chi connectivity index (χ2n) is 4.85. The van der Waals surface area contributed by atoms with Crippen LogP contribution in [0.2, 0.25) is 0 Å². The van der Waals surface area contributed by atoms with Crippen LogP contribution in [0.5, 0.6) is 0 Å². The van der Waals surface area contributed by atoms with Gasteiger partial charge in [-0.3, -0.25) is 0 Å². The highest BCUT2D eigenvalue weighted by atomic mass is 16.3. The zero-order valence-electron chi connectivity index (χ0n) is 10.8. The number of hydrogen-bond acceptors (Lipinski definition) is 3. The summed E-state index contributed by atoms with van der Waals surface area (Å²) in [6.07, 6.45) is 6.61. The maximum atomic E-state index is 9.47. The van der Waals surface area contributed by atoms with E-state index in [9.17, 15) is 5.11 Å². The maximum Gasteiger partial charge on any atom is 0.128 e. The molecule has 1 N–H and O–H groups in total. The van der Waals surface area contributed by atoms with Crippen LogP contribution in [0.4, 0.5) is 5.82 Å². The van der Waals surface area contributed by atoms with E-state index >= 15 is 0 Å². The van der Waals surface area contributed by atoms with E-state index in [1.807, 2.05) is 12.1 Å². The second kappa shape index (κ2) is 5.50. The number of aromatic nitrogens is 1. The molecule has 2 rings (SSSR count). The van der Waals surface area contributed by atoms with Crippen molar-refractivity contribution in [2.75, 3.05) is 11.4 Å². The number of pyridine rings is 1. The van der Waals surface area contributed by atoms with Crippen LogP contribution in [-0.2, 0) is 0 Å². The zero-order valence-corrected chi connectivity index (χ0v) is 10.8. The molecule has 0 amide bonds. The van der Waals surface area contributed by atoms with Gasteiger partial charge in [-0.2, -0.15) is 0 Å². The van der Waals surface area contributed by atoms with Crippen molar-refractivity contribution in [2.24, 2.45) is 0 Å². The topological polar surface area (TPSA) is 36.4 Å². The third-order valence-corrected chi connectivity index (χ3v) is 3.65. The van der Waals surface area contributed by atoms with Crippen molar-refractivity contribution in [2.45, 2.75) is 51.7 Å². The van der Waals surface area contributed by atoms with Gasteiger partial charge in [-0.15, -0.1) is 0 Å². The van der Waals surface area contributed by atoms with E-state index in [4.69, 9.17) is 0 Å². The first-order valence-corrected chi connectivity index (χ1v) is 6.63. The SMILES string of the molecule is CCN(c1ccc([C@@H](C)O)cn1)C1CCCC1. The van der Waals surface area contributed by atoms with Gasteiger partial charge in [0.05, 0.1) is 6.10 Å². The first-order valence-electron chi connectivity index (χ1n) is 6.63. The molecule has 0 radical (unpaired) electrons. The fourth-order valence-electron chi connectivity index (χ4n) is 2.64. The summed E-state index contributed by atoms with van der Waals surface area (Å²) in [6.45, 7) is 4.96. The molecule has 1 aromatic heterocycles. The Morgan fingerprint density at radius 2 is 2.12 bits per heavy atom. The lowest BCUT2D eigenvalue weighted by Gasteiger charge is -2.28. The molecule has 1 aliphatic rings. The first kappa shape index (κ1) is 12.4. The van der Waals surface area contributed by atoms with Crippen LogP contribution in [0.15, 0.2) is 18.3 Å². The Bertz CT molecular complexity index is 342. The van der Waals surface area contributed by atoms with Crippen molar-refractivity contribution in [3.63, 3.8) is 0 Å². The normalized spacial score (nSPS) is 18.3. The molecule has 0 aromatic carbocycles. The summed E-state index contributed by atoms with van der Waals surface area (Å²) < 4.78 is 0. The maximum absolute atomic E-state index is 9.47. The summed E-state index contributed by atoms with van der Waals surface area (Å²) >= 11 is 0. The Balaban J connectivity index is 2.13. The minimum Gasteiger partial charge on any atom is -0.389 e.